The summed E-state index contributed by atoms with van der Waals surface area (Å²) in [6.45, 7) is 0.344. The molecule has 2 fully saturated rings. The second-order valence-electron chi connectivity index (χ2n) is 10.8. The summed E-state index contributed by atoms with van der Waals surface area (Å²) in [6, 6.07) is 12.9. The van der Waals surface area contributed by atoms with E-state index in [9.17, 15) is 14.7 Å². The molecule has 3 atom stereocenters. The maximum atomic E-state index is 13.5. The summed E-state index contributed by atoms with van der Waals surface area (Å²) in [5.74, 6) is 0.342. The van der Waals surface area contributed by atoms with Crippen LogP contribution in [0.4, 0.5) is 0 Å². The molecule has 1 saturated carbocycles. The lowest BCUT2D eigenvalue weighted by atomic mass is 9.66. The van der Waals surface area contributed by atoms with Crippen molar-refractivity contribution in [3.8, 4) is 5.75 Å². The van der Waals surface area contributed by atoms with Gasteiger partial charge in [0.2, 0.25) is 0 Å². The average Bonchev–Trinajstić information content (AvgIpc) is 2.91. The molecule has 7 heteroatoms. The van der Waals surface area contributed by atoms with E-state index in [1.807, 2.05) is 41.3 Å². The number of piperidine rings is 1. The molecule has 6 nitrogen and oxygen atoms in total. The number of carbonyl (C=O) groups is 1. The van der Waals surface area contributed by atoms with Crippen LogP contribution in [0.3, 0.4) is 0 Å². The minimum Gasteiger partial charge on any atom is -0.484 e. The van der Waals surface area contributed by atoms with Gasteiger partial charge in [-0.1, -0.05) is 36.6 Å². The van der Waals surface area contributed by atoms with Crippen molar-refractivity contribution in [2.75, 3.05) is 13.2 Å². The first-order chi connectivity index (χ1) is 17.9. The highest BCUT2D eigenvalue weighted by Gasteiger charge is 2.50. The molecule has 2 aliphatic carbocycles. The molecule has 3 aromatic rings. The maximum Gasteiger partial charge on any atom is 0.339 e. The van der Waals surface area contributed by atoms with E-state index in [4.69, 9.17) is 20.8 Å². The third-order valence-electron chi connectivity index (χ3n) is 8.66. The van der Waals surface area contributed by atoms with Gasteiger partial charge in [-0.3, -0.25) is 4.79 Å². The number of benzene rings is 2. The van der Waals surface area contributed by atoms with Crippen molar-refractivity contribution in [3.05, 3.63) is 74.6 Å². The molecule has 0 radical (unpaired) electrons. The van der Waals surface area contributed by atoms with E-state index in [2.05, 4.69) is 0 Å². The number of ether oxygens (including phenoxy) is 1. The molecule has 1 amide bonds. The number of aryl methyl sites for hydroxylation is 1. The van der Waals surface area contributed by atoms with Crippen LogP contribution < -0.4 is 10.4 Å². The first-order valence-corrected chi connectivity index (χ1v) is 13.8. The molecule has 194 valence electrons. The summed E-state index contributed by atoms with van der Waals surface area (Å²) in [4.78, 5) is 27.9. The summed E-state index contributed by atoms with van der Waals surface area (Å²) < 4.78 is 11.5. The van der Waals surface area contributed by atoms with Gasteiger partial charge in [0.25, 0.3) is 5.91 Å². The van der Waals surface area contributed by atoms with Crippen LogP contribution in [-0.2, 0) is 17.6 Å². The number of amides is 1. The summed E-state index contributed by atoms with van der Waals surface area (Å²) in [6.07, 6.45) is 8.00. The van der Waals surface area contributed by atoms with Crippen molar-refractivity contribution < 1.29 is 19.1 Å². The van der Waals surface area contributed by atoms with Crippen molar-refractivity contribution in [1.82, 2.24) is 4.90 Å². The van der Waals surface area contributed by atoms with Crippen LogP contribution in [0.25, 0.3) is 11.0 Å². The molecule has 0 bridgehead atoms. The molecule has 1 aromatic heterocycles. The Morgan fingerprint density at radius 1 is 1.05 bits per heavy atom. The van der Waals surface area contributed by atoms with Crippen molar-refractivity contribution in [3.63, 3.8) is 0 Å². The second-order valence-corrected chi connectivity index (χ2v) is 11.2. The Bertz CT molecular complexity index is 1380. The first kappa shape index (κ1) is 24.5. The van der Waals surface area contributed by atoms with E-state index >= 15 is 0 Å². The van der Waals surface area contributed by atoms with Gasteiger partial charge < -0.3 is 19.2 Å². The molecule has 1 aliphatic heterocycles. The third kappa shape index (κ3) is 4.55. The molecular formula is C30H32ClNO5. The Kier molecular flexibility index (Phi) is 6.49. The van der Waals surface area contributed by atoms with E-state index in [0.29, 0.717) is 29.3 Å². The predicted octanol–water partition coefficient (Wildman–Crippen LogP) is 5.60. The molecule has 0 spiro atoms. The monoisotopic (exact) mass is 521 g/mol. The molecule has 1 N–H and O–H groups in total. The number of carbonyl (C=O) groups excluding carboxylic acids is 1. The molecule has 3 unspecified atom stereocenters. The molecule has 3 aliphatic rings. The average molecular weight is 522 g/mol. The number of halogens is 1. The minimum absolute atomic E-state index is 0.0266. The molecular weight excluding hydrogens is 490 g/mol. The Balaban J connectivity index is 1.24. The SMILES string of the molecule is O=C(COc1ccc2c3c(c(=O)oc2c1)CCCC3)N1CCC2(O)CCCCC2C1c1ccc(Cl)cc1. The third-order valence-corrected chi connectivity index (χ3v) is 8.91. The quantitative estimate of drug-likeness (QED) is 0.452. The highest BCUT2D eigenvalue weighted by molar-refractivity contribution is 6.30. The normalized spacial score (nSPS) is 25.4. The number of rotatable bonds is 4. The largest absolute Gasteiger partial charge is 0.484 e. The van der Waals surface area contributed by atoms with Crippen molar-refractivity contribution in [2.24, 2.45) is 5.92 Å². The maximum absolute atomic E-state index is 13.5. The van der Waals surface area contributed by atoms with Crippen LogP contribution in [0, 0.1) is 5.92 Å². The lowest BCUT2D eigenvalue weighted by molar-refractivity contribution is -0.157. The van der Waals surface area contributed by atoms with Crippen LogP contribution >= 0.6 is 11.6 Å². The zero-order valence-corrected chi connectivity index (χ0v) is 21.6. The number of hydrogen-bond donors (Lipinski definition) is 1. The number of aliphatic hydroxyl groups is 1. The van der Waals surface area contributed by atoms with Gasteiger partial charge in [0.15, 0.2) is 6.61 Å². The Labute approximate surface area is 221 Å². The van der Waals surface area contributed by atoms with Crippen LogP contribution in [0.1, 0.15) is 67.7 Å². The zero-order chi connectivity index (χ0) is 25.6. The van der Waals surface area contributed by atoms with Gasteiger partial charge in [0.05, 0.1) is 11.6 Å². The molecule has 2 heterocycles. The fourth-order valence-electron chi connectivity index (χ4n) is 6.78. The number of likely N-dealkylation sites (tertiary alicyclic amines) is 1. The van der Waals surface area contributed by atoms with Gasteiger partial charge in [-0.05, 0) is 80.3 Å². The van der Waals surface area contributed by atoms with E-state index in [1.54, 1.807) is 6.07 Å². The lowest BCUT2D eigenvalue weighted by Crippen LogP contribution is -2.56. The minimum atomic E-state index is -0.755. The number of hydrogen-bond acceptors (Lipinski definition) is 5. The zero-order valence-electron chi connectivity index (χ0n) is 20.9. The Hall–Kier alpha value is -2.83. The van der Waals surface area contributed by atoms with Crippen molar-refractivity contribution in [2.45, 2.75) is 69.4 Å². The van der Waals surface area contributed by atoms with Crippen molar-refractivity contribution in [1.29, 1.82) is 0 Å². The highest BCUT2D eigenvalue weighted by Crippen LogP contribution is 2.49. The first-order valence-electron chi connectivity index (χ1n) is 13.4. The van der Waals surface area contributed by atoms with E-state index < -0.39 is 5.60 Å². The second kappa shape index (κ2) is 9.80. The van der Waals surface area contributed by atoms with Crippen molar-refractivity contribution >= 4 is 28.5 Å². The molecule has 2 aromatic carbocycles. The summed E-state index contributed by atoms with van der Waals surface area (Å²) in [5.41, 5.74) is 2.34. The van der Waals surface area contributed by atoms with E-state index in [-0.39, 0.29) is 30.1 Å². The fraction of sp³-hybridized carbons (Fsp3) is 0.467. The van der Waals surface area contributed by atoms with Crippen LogP contribution in [0.5, 0.6) is 5.75 Å². The summed E-state index contributed by atoms with van der Waals surface area (Å²) >= 11 is 6.15. The number of fused-ring (bicyclic) bond motifs is 4. The number of nitrogens with zero attached hydrogens (tertiary/aromatic N) is 1. The standard InChI is InChI=1S/C30H32ClNO5/c31-20-10-8-19(9-11-20)28-25-7-3-4-14-30(25,35)15-16-32(28)27(33)18-36-21-12-13-23-22-5-1-2-6-24(22)29(34)37-26(23)17-21/h8-13,17,25,28,35H,1-7,14-16,18H2. The molecule has 6 rings (SSSR count). The van der Waals surface area contributed by atoms with Crippen LogP contribution in [0.15, 0.2) is 51.7 Å². The smallest absolute Gasteiger partial charge is 0.339 e. The molecule has 1 saturated heterocycles. The van der Waals surface area contributed by atoms with Gasteiger partial charge in [-0.2, -0.15) is 0 Å². The Morgan fingerprint density at radius 2 is 1.84 bits per heavy atom. The summed E-state index contributed by atoms with van der Waals surface area (Å²) in [5, 5.41) is 13.1. The topological polar surface area (TPSA) is 80.0 Å². The van der Waals surface area contributed by atoms with Crippen LogP contribution in [-0.4, -0.2) is 34.7 Å². The van der Waals surface area contributed by atoms with Gasteiger partial charge in [-0.15, -0.1) is 0 Å². The van der Waals surface area contributed by atoms with Gasteiger partial charge >= 0.3 is 5.63 Å². The predicted molar refractivity (Wildman–Crippen MR) is 142 cm³/mol. The lowest BCUT2D eigenvalue weighted by Gasteiger charge is -2.52. The van der Waals surface area contributed by atoms with Gasteiger partial charge in [0.1, 0.15) is 11.3 Å². The van der Waals surface area contributed by atoms with Gasteiger partial charge in [-0.25, -0.2) is 4.79 Å². The van der Waals surface area contributed by atoms with E-state index in [1.165, 1.54) is 0 Å². The molecule has 37 heavy (non-hydrogen) atoms. The fourth-order valence-corrected chi connectivity index (χ4v) is 6.90. The Morgan fingerprint density at radius 3 is 2.65 bits per heavy atom. The summed E-state index contributed by atoms with van der Waals surface area (Å²) in [7, 11) is 0. The highest BCUT2D eigenvalue weighted by atomic mass is 35.5. The van der Waals surface area contributed by atoms with Crippen LogP contribution in [0.2, 0.25) is 5.02 Å². The van der Waals surface area contributed by atoms with Gasteiger partial charge in [0, 0.05) is 34.5 Å². The van der Waals surface area contributed by atoms with E-state index in [0.717, 1.165) is 73.4 Å².